The second-order valence-electron chi connectivity index (χ2n) is 4.85. The van der Waals surface area contributed by atoms with Crippen molar-refractivity contribution in [2.75, 3.05) is 13.7 Å². The molecule has 0 unspecified atom stereocenters. The molecule has 0 aromatic heterocycles. The van der Waals surface area contributed by atoms with Crippen LogP contribution in [-0.4, -0.2) is 13.7 Å². The van der Waals surface area contributed by atoms with Gasteiger partial charge in [-0.25, -0.2) is 0 Å². The number of ether oxygens (including phenoxy) is 2. The van der Waals surface area contributed by atoms with Gasteiger partial charge in [0, 0.05) is 28.5 Å². The first kappa shape index (κ1) is 14.3. The molecule has 2 rings (SSSR count). The Balaban J connectivity index is 2.17. The van der Waals surface area contributed by atoms with Crippen LogP contribution in [0.25, 0.3) is 0 Å². The average molecular weight is 300 g/mol. The maximum Gasteiger partial charge on any atom is 0.165 e. The van der Waals surface area contributed by atoms with E-state index in [2.05, 4.69) is 6.07 Å². The van der Waals surface area contributed by atoms with Crippen LogP contribution in [0.3, 0.4) is 0 Å². The number of hydrogen-bond acceptors (Lipinski definition) is 3. The Hall–Kier alpha value is -1.11. The molecule has 0 atom stereocenters. The number of benzene rings is 1. The van der Waals surface area contributed by atoms with Crippen molar-refractivity contribution in [3.05, 3.63) is 22.7 Å². The zero-order valence-electron chi connectivity index (χ0n) is 10.7. The van der Waals surface area contributed by atoms with E-state index in [1.54, 1.807) is 19.2 Å². The average Bonchev–Trinajstić information content (AvgIpc) is 3.16. The third kappa shape index (κ3) is 3.26. The van der Waals surface area contributed by atoms with Crippen LogP contribution in [0.5, 0.6) is 11.5 Å². The van der Waals surface area contributed by atoms with Crippen molar-refractivity contribution in [3.63, 3.8) is 0 Å². The van der Waals surface area contributed by atoms with Crippen molar-refractivity contribution in [1.82, 2.24) is 0 Å². The first-order valence-electron chi connectivity index (χ1n) is 6.06. The summed E-state index contributed by atoms with van der Waals surface area (Å²) in [5, 5.41) is 9.38. The Morgan fingerprint density at radius 1 is 1.42 bits per heavy atom. The molecule has 0 heterocycles. The highest BCUT2D eigenvalue weighted by atomic mass is 35.5. The largest absolute Gasteiger partial charge is 0.493 e. The second kappa shape index (κ2) is 5.90. The lowest BCUT2D eigenvalue weighted by Crippen LogP contribution is -2.13. The Labute approximate surface area is 123 Å². The molecule has 0 aliphatic heterocycles. The number of nitriles is 1. The van der Waals surface area contributed by atoms with E-state index in [-0.39, 0.29) is 5.41 Å². The van der Waals surface area contributed by atoms with Gasteiger partial charge in [0.15, 0.2) is 11.5 Å². The normalized spacial score (nSPS) is 15.7. The van der Waals surface area contributed by atoms with Gasteiger partial charge in [-0.05, 0) is 18.9 Å². The summed E-state index contributed by atoms with van der Waals surface area (Å²) in [5.74, 6) is 1.51. The summed E-state index contributed by atoms with van der Waals surface area (Å²) in [5.41, 5.74) is 0.821. The third-order valence-corrected chi connectivity index (χ3v) is 3.90. The zero-order valence-corrected chi connectivity index (χ0v) is 12.2. The number of halogens is 2. The molecular weight excluding hydrogens is 285 g/mol. The van der Waals surface area contributed by atoms with E-state index >= 15 is 0 Å². The van der Waals surface area contributed by atoms with E-state index in [9.17, 15) is 0 Å². The number of methoxy groups -OCH3 is 1. The molecule has 0 radical (unpaired) electrons. The first-order chi connectivity index (χ1) is 9.14. The highest BCUT2D eigenvalue weighted by Gasteiger charge is 2.43. The van der Waals surface area contributed by atoms with E-state index in [1.807, 2.05) is 0 Å². The smallest absolute Gasteiger partial charge is 0.165 e. The molecule has 1 aliphatic rings. The number of nitrogens with zero attached hydrogens (tertiary/aromatic N) is 1. The van der Waals surface area contributed by atoms with Crippen LogP contribution in [0.2, 0.25) is 5.02 Å². The highest BCUT2D eigenvalue weighted by Crippen LogP contribution is 2.49. The summed E-state index contributed by atoms with van der Waals surface area (Å²) in [6, 6.07) is 5.69. The van der Waals surface area contributed by atoms with Crippen molar-refractivity contribution >= 4 is 23.2 Å². The van der Waals surface area contributed by atoms with Gasteiger partial charge in [0.2, 0.25) is 0 Å². The molecule has 102 valence electrons. The summed E-state index contributed by atoms with van der Waals surface area (Å²) in [6.07, 6.45) is 2.60. The van der Waals surface area contributed by atoms with Crippen molar-refractivity contribution in [1.29, 1.82) is 5.26 Å². The quantitative estimate of drug-likeness (QED) is 0.741. The lowest BCUT2D eigenvalue weighted by molar-refractivity contribution is 0.225. The van der Waals surface area contributed by atoms with Gasteiger partial charge in [-0.1, -0.05) is 11.6 Å². The molecule has 19 heavy (non-hydrogen) atoms. The van der Waals surface area contributed by atoms with E-state index in [1.165, 1.54) is 0 Å². The van der Waals surface area contributed by atoms with Gasteiger partial charge in [-0.15, -0.1) is 11.6 Å². The molecule has 0 N–H and O–H groups in total. The standard InChI is InChI=1S/C14H15Cl2NO2/c1-18-12-7-11(16)6-10(8-15)13(12)19-9-14(2-3-14)4-5-17/h6-7H,2-4,8-9H2,1H3. The van der Waals surface area contributed by atoms with Crippen molar-refractivity contribution in [3.8, 4) is 17.6 Å². The summed E-state index contributed by atoms with van der Waals surface area (Å²) < 4.78 is 11.1. The summed E-state index contributed by atoms with van der Waals surface area (Å²) >= 11 is 11.9. The topological polar surface area (TPSA) is 42.2 Å². The van der Waals surface area contributed by atoms with Crippen LogP contribution in [0.1, 0.15) is 24.8 Å². The van der Waals surface area contributed by atoms with Crippen molar-refractivity contribution in [2.24, 2.45) is 5.41 Å². The number of hydrogen-bond donors (Lipinski definition) is 0. The Morgan fingerprint density at radius 3 is 2.68 bits per heavy atom. The summed E-state index contributed by atoms with van der Waals surface area (Å²) in [4.78, 5) is 0. The highest BCUT2D eigenvalue weighted by molar-refractivity contribution is 6.31. The predicted molar refractivity (Wildman–Crippen MR) is 75.0 cm³/mol. The van der Waals surface area contributed by atoms with Gasteiger partial charge < -0.3 is 9.47 Å². The fraction of sp³-hybridized carbons (Fsp3) is 0.500. The van der Waals surface area contributed by atoms with Crippen LogP contribution >= 0.6 is 23.2 Å². The van der Waals surface area contributed by atoms with Crippen molar-refractivity contribution < 1.29 is 9.47 Å². The SMILES string of the molecule is COc1cc(Cl)cc(CCl)c1OCC1(CC#N)CC1. The van der Waals surface area contributed by atoms with Gasteiger partial charge in [-0.2, -0.15) is 5.26 Å². The van der Waals surface area contributed by atoms with E-state index in [4.69, 9.17) is 37.9 Å². The minimum Gasteiger partial charge on any atom is -0.493 e. The molecule has 1 saturated carbocycles. The lowest BCUT2D eigenvalue weighted by atomic mass is 10.1. The molecule has 3 nitrogen and oxygen atoms in total. The molecule has 0 spiro atoms. The summed E-state index contributed by atoms with van der Waals surface area (Å²) in [7, 11) is 1.57. The van der Waals surface area contributed by atoms with Crippen LogP contribution in [0.15, 0.2) is 12.1 Å². The Kier molecular flexibility index (Phi) is 4.44. The van der Waals surface area contributed by atoms with Crippen LogP contribution in [0.4, 0.5) is 0 Å². The maximum absolute atomic E-state index is 8.81. The molecule has 0 saturated heterocycles. The molecule has 5 heteroatoms. The third-order valence-electron chi connectivity index (χ3n) is 3.39. The second-order valence-corrected chi connectivity index (χ2v) is 5.56. The van der Waals surface area contributed by atoms with Crippen molar-refractivity contribution in [2.45, 2.75) is 25.1 Å². The van der Waals surface area contributed by atoms with Gasteiger partial charge in [0.1, 0.15) is 0 Å². The van der Waals surface area contributed by atoms with Gasteiger partial charge in [0.05, 0.1) is 25.7 Å². The maximum atomic E-state index is 8.81. The predicted octanol–water partition coefficient (Wildman–Crippen LogP) is 4.16. The van der Waals surface area contributed by atoms with Crippen LogP contribution in [-0.2, 0) is 5.88 Å². The van der Waals surface area contributed by atoms with Crippen LogP contribution in [0, 0.1) is 16.7 Å². The molecule has 1 aliphatic carbocycles. The van der Waals surface area contributed by atoms with Gasteiger partial charge >= 0.3 is 0 Å². The first-order valence-corrected chi connectivity index (χ1v) is 6.97. The van der Waals surface area contributed by atoms with E-state index < -0.39 is 0 Å². The number of alkyl halides is 1. The molecule has 1 aromatic carbocycles. The van der Waals surface area contributed by atoms with Crippen LogP contribution < -0.4 is 9.47 Å². The van der Waals surface area contributed by atoms with Gasteiger partial charge in [0.25, 0.3) is 0 Å². The molecular formula is C14H15Cl2NO2. The molecule has 0 bridgehead atoms. The molecule has 1 fully saturated rings. The fourth-order valence-electron chi connectivity index (χ4n) is 1.98. The minimum absolute atomic E-state index is 0.0168. The monoisotopic (exact) mass is 299 g/mol. The summed E-state index contributed by atoms with van der Waals surface area (Å²) in [6.45, 7) is 0.516. The lowest BCUT2D eigenvalue weighted by Gasteiger charge is -2.18. The number of rotatable bonds is 6. The molecule has 1 aromatic rings. The Morgan fingerprint density at radius 2 is 2.16 bits per heavy atom. The van der Waals surface area contributed by atoms with E-state index in [0.717, 1.165) is 18.4 Å². The fourth-order valence-corrected chi connectivity index (χ4v) is 2.41. The van der Waals surface area contributed by atoms with Gasteiger partial charge in [-0.3, -0.25) is 0 Å². The van der Waals surface area contributed by atoms with E-state index in [0.29, 0.717) is 35.4 Å². The minimum atomic E-state index is 0.0168. The molecule has 0 amide bonds. The zero-order chi connectivity index (χ0) is 13.9. The Bertz CT molecular complexity index is 482.